The van der Waals surface area contributed by atoms with Gasteiger partial charge in [-0.2, -0.15) is 0 Å². The molecule has 2 heterocycles. The molecule has 0 aliphatic carbocycles. The Kier molecular flexibility index (Phi) is 5.77. The van der Waals surface area contributed by atoms with Crippen LogP contribution in [0.5, 0.6) is 0 Å². The summed E-state index contributed by atoms with van der Waals surface area (Å²) in [6.07, 6.45) is 4.97. The molecule has 1 N–H and O–H groups in total. The van der Waals surface area contributed by atoms with Crippen LogP contribution in [0.1, 0.15) is 30.5 Å². The highest BCUT2D eigenvalue weighted by Crippen LogP contribution is 2.24. The van der Waals surface area contributed by atoms with Crippen LogP contribution in [0.4, 0.5) is 5.95 Å². The van der Waals surface area contributed by atoms with Gasteiger partial charge in [-0.3, -0.25) is 9.80 Å². The lowest BCUT2D eigenvalue weighted by Gasteiger charge is -2.39. The molecule has 5 nitrogen and oxygen atoms in total. The van der Waals surface area contributed by atoms with E-state index in [-0.39, 0.29) is 0 Å². The lowest BCUT2D eigenvalue weighted by molar-refractivity contribution is 0.0903. The molecule has 1 aliphatic heterocycles. The van der Waals surface area contributed by atoms with E-state index in [0.29, 0.717) is 6.04 Å². The van der Waals surface area contributed by atoms with E-state index >= 15 is 0 Å². The van der Waals surface area contributed by atoms with Gasteiger partial charge in [0, 0.05) is 56.7 Å². The van der Waals surface area contributed by atoms with Crippen molar-refractivity contribution in [1.82, 2.24) is 19.8 Å². The average Bonchev–Trinajstić information content (AvgIpc) is 2.63. The summed E-state index contributed by atoms with van der Waals surface area (Å²) in [5, 5.41) is 3.22. The lowest BCUT2D eigenvalue weighted by Crippen LogP contribution is -2.46. The average molecular weight is 325 g/mol. The number of aromatic nitrogens is 2. The van der Waals surface area contributed by atoms with Crippen molar-refractivity contribution < 1.29 is 0 Å². The van der Waals surface area contributed by atoms with E-state index < -0.39 is 0 Å². The third kappa shape index (κ3) is 4.30. The number of benzene rings is 1. The van der Waals surface area contributed by atoms with Gasteiger partial charge in [0.15, 0.2) is 0 Å². The molecule has 1 aromatic heterocycles. The Bertz CT molecular complexity index is 613. The van der Waals surface area contributed by atoms with Crippen molar-refractivity contribution in [2.75, 3.05) is 38.5 Å². The van der Waals surface area contributed by atoms with Crippen molar-refractivity contribution >= 4 is 5.95 Å². The van der Waals surface area contributed by atoms with Crippen LogP contribution in [0.3, 0.4) is 0 Å². The van der Waals surface area contributed by atoms with Gasteiger partial charge in [-0.15, -0.1) is 0 Å². The van der Waals surface area contributed by atoms with E-state index in [1.54, 1.807) is 0 Å². The van der Waals surface area contributed by atoms with E-state index in [0.717, 1.165) is 45.1 Å². The predicted octanol–water partition coefficient (Wildman–Crippen LogP) is 2.79. The largest absolute Gasteiger partial charge is 0.354 e. The first-order valence-corrected chi connectivity index (χ1v) is 8.78. The maximum absolute atomic E-state index is 4.41. The van der Waals surface area contributed by atoms with Gasteiger partial charge in [-0.1, -0.05) is 37.3 Å². The maximum Gasteiger partial charge on any atom is 0.222 e. The molecule has 24 heavy (non-hydrogen) atoms. The van der Waals surface area contributed by atoms with Crippen LogP contribution in [-0.2, 0) is 6.54 Å². The van der Waals surface area contributed by atoms with Gasteiger partial charge in [-0.25, -0.2) is 9.97 Å². The Labute approximate surface area is 144 Å². The number of hydrogen-bond donors (Lipinski definition) is 1. The Morgan fingerprint density at radius 2 is 1.88 bits per heavy atom. The first-order valence-electron chi connectivity index (χ1n) is 8.78. The zero-order valence-corrected chi connectivity index (χ0v) is 14.7. The number of rotatable bonds is 6. The molecule has 1 aliphatic rings. The maximum atomic E-state index is 4.41. The molecule has 3 rings (SSSR count). The van der Waals surface area contributed by atoms with Gasteiger partial charge in [0.25, 0.3) is 0 Å². The van der Waals surface area contributed by atoms with Crippen LogP contribution in [0.15, 0.2) is 42.7 Å². The first-order chi connectivity index (χ1) is 11.8. The highest BCUT2D eigenvalue weighted by atomic mass is 15.3. The van der Waals surface area contributed by atoms with E-state index in [2.05, 4.69) is 69.4 Å². The summed E-state index contributed by atoms with van der Waals surface area (Å²) >= 11 is 0. The molecular formula is C19H27N5. The SMILES string of the molecule is CCCNc1ncc(CN2CCN(C)[C@@H](c3ccccc3)C2)cn1. The normalized spacial score (nSPS) is 19.3. The molecular weight excluding hydrogens is 298 g/mol. The standard InChI is InChI=1S/C19H27N5/c1-3-9-20-19-21-12-16(13-22-19)14-24-11-10-23(2)18(15-24)17-7-5-4-6-8-17/h4-8,12-13,18H,3,9-11,14-15H2,1-2H3,(H,20,21,22)/t18-/m1/s1. The second kappa shape index (κ2) is 8.22. The number of anilines is 1. The molecule has 1 atom stereocenters. The quantitative estimate of drug-likeness (QED) is 0.885. The molecule has 5 heteroatoms. The Morgan fingerprint density at radius 3 is 2.58 bits per heavy atom. The third-order valence-corrected chi connectivity index (χ3v) is 4.56. The summed E-state index contributed by atoms with van der Waals surface area (Å²) in [6.45, 7) is 7.16. The minimum atomic E-state index is 0.450. The summed E-state index contributed by atoms with van der Waals surface area (Å²) < 4.78 is 0. The molecule has 1 aromatic carbocycles. The molecule has 1 fully saturated rings. The van der Waals surface area contributed by atoms with Crippen molar-refractivity contribution in [2.45, 2.75) is 25.9 Å². The van der Waals surface area contributed by atoms with E-state index in [1.807, 2.05) is 12.4 Å². The second-order valence-electron chi connectivity index (χ2n) is 6.48. The van der Waals surface area contributed by atoms with Gasteiger partial charge in [0.05, 0.1) is 0 Å². The number of nitrogens with one attached hydrogen (secondary N) is 1. The second-order valence-corrected chi connectivity index (χ2v) is 6.48. The summed E-state index contributed by atoms with van der Waals surface area (Å²) in [7, 11) is 2.21. The van der Waals surface area contributed by atoms with Crippen LogP contribution in [0.2, 0.25) is 0 Å². The minimum absolute atomic E-state index is 0.450. The number of hydrogen-bond acceptors (Lipinski definition) is 5. The molecule has 0 spiro atoms. The number of piperazine rings is 1. The van der Waals surface area contributed by atoms with Crippen molar-refractivity contribution in [2.24, 2.45) is 0 Å². The fourth-order valence-corrected chi connectivity index (χ4v) is 3.13. The lowest BCUT2D eigenvalue weighted by atomic mass is 10.0. The van der Waals surface area contributed by atoms with Gasteiger partial charge < -0.3 is 5.32 Å². The molecule has 128 valence electrons. The molecule has 1 saturated heterocycles. The Balaban J connectivity index is 1.61. The minimum Gasteiger partial charge on any atom is -0.354 e. The van der Waals surface area contributed by atoms with Crippen LogP contribution < -0.4 is 5.32 Å². The molecule has 0 bridgehead atoms. The molecule has 2 aromatic rings. The molecule has 0 saturated carbocycles. The molecule has 0 radical (unpaired) electrons. The predicted molar refractivity (Wildman–Crippen MR) is 97.9 cm³/mol. The van der Waals surface area contributed by atoms with Crippen molar-refractivity contribution in [3.8, 4) is 0 Å². The van der Waals surface area contributed by atoms with Gasteiger partial charge in [0.1, 0.15) is 0 Å². The van der Waals surface area contributed by atoms with Crippen molar-refractivity contribution in [3.05, 3.63) is 53.9 Å². The van der Waals surface area contributed by atoms with Crippen molar-refractivity contribution in [3.63, 3.8) is 0 Å². The zero-order valence-electron chi connectivity index (χ0n) is 14.7. The highest BCUT2D eigenvalue weighted by Gasteiger charge is 2.25. The molecule has 0 unspecified atom stereocenters. The fraction of sp³-hybridized carbons (Fsp3) is 0.474. The smallest absolute Gasteiger partial charge is 0.222 e. The summed E-state index contributed by atoms with van der Waals surface area (Å²) in [6, 6.07) is 11.2. The van der Waals surface area contributed by atoms with E-state index in [1.165, 1.54) is 11.1 Å². The number of likely N-dealkylation sites (N-methyl/N-ethyl adjacent to an activating group) is 1. The first kappa shape index (κ1) is 16.9. The number of nitrogens with zero attached hydrogens (tertiary/aromatic N) is 4. The monoisotopic (exact) mass is 325 g/mol. The summed E-state index contributed by atoms with van der Waals surface area (Å²) in [5.74, 6) is 0.723. The fourth-order valence-electron chi connectivity index (χ4n) is 3.13. The van der Waals surface area contributed by atoms with Gasteiger partial charge >= 0.3 is 0 Å². The van der Waals surface area contributed by atoms with Crippen LogP contribution in [-0.4, -0.2) is 53.0 Å². The topological polar surface area (TPSA) is 44.3 Å². The van der Waals surface area contributed by atoms with E-state index in [4.69, 9.17) is 0 Å². The third-order valence-electron chi connectivity index (χ3n) is 4.56. The van der Waals surface area contributed by atoms with Crippen molar-refractivity contribution in [1.29, 1.82) is 0 Å². The van der Waals surface area contributed by atoms with Crippen LogP contribution in [0.25, 0.3) is 0 Å². The zero-order chi connectivity index (χ0) is 16.8. The van der Waals surface area contributed by atoms with Crippen LogP contribution >= 0.6 is 0 Å². The Morgan fingerprint density at radius 1 is 1.12 bits per heavy atom. The van der Waals surface area contributed by atoms with Gasteiger partial charge in [0.2, 0.25) is 5.95 Å². The van der Waals surface area contributed by atoms with Crippen LogP contribution in [0, 0.1) is 0 Å². The Hall–Kier alpha value is -1.98. The van der Waals surface area contributed by atoms with E-state index in [9.17, 15) is 0 Å². The summed E-state index contributed by atoms with van der Waals surface area (Å²) in [5.41, 5.74) is 2.56. The highest BCUT2D eigenvalue weighted by molar-refractivity contribution is 5.24. The summed E-state index contributed by atoms with van der Waals surface area (Å²) in [4.78, 5) is 13.8. The molecule has 0 amide bonds. The van der Waals surface area contributed by atoms with Gasteiger partial charge in [-0.05, 0) is 19.0 Å².